The van der Waals surface area contributed by atoms with Crippen molar-refractivity contribution < 1.29 is 18.8 Å². The number of aromatic nitrogens is 4. The molecule has 0 radical (unpaired) electrons. The van der Waals surface area contributed by atoms with Gasteiger partial charge in [-0.1, -0.05) is 5.16 Å². The van der Waals surface area contributed by atoms with Gasteiger partial charge in [0.2, 0.25) is 0 Å². The first-order valence-corrected chi connectivity index (χ1v) is 9.17. The van der Waals surface area contributed by atoms with Crippen molar-refractivity contribution in [2.24, 2.45) is 5.92 Å². The highest BCUT2D eigenvalue weighted by Crippen LogP contribution is 2.40. The Hall–Kier alpha value is -2.46. The van der Waals surface area contributed by atoms with Crippen LogP contribution in [-0.4, -0.2) is 57.7 Å². The van der Waals surface area contributed by atoms with Crippen LogP contribution >= 0.6 is 0 Å². The van der Waals surface area contributed by atoms with E-state index in [1.807, 2.05) is 10.7 Å². The molecule has 2 amide bonds. The number of hydrogen-bond acceptors (Lipinski definition) is 7. The predicted molar refractivity (Wildman–Crippen MR) is 94.0 cm³/mol. The van der Waals surface area contributed by atoms with Crippen molar-refractivity contribution in [3.05, 3.63) is 24.0 Å². The highest BCUT2D eigenvalue weighted by molar-refractivity contribution is 5.88. The number of carbonyl (C=O) groups excluding carboxylic acids is 1. The number of methoxy groups -OCH3 is 1. The van der Waals surface area contributed by atoms with Gasteiger partial charge in [0.1, 0.15) is 18.5 Å². The third-order valence-corrected chi connectivity index (χ3v) is 5.03. The fraction of sp³-hybridized carbons (Fsp3) is 0.647. The van der Waals surface area contributed by atoms with Crippen LogP contribution in [0.25, 0.3) is 0 Å². The first-order chi connectivity index (χ1) is 13.2. The molecule has 146 valence electrons. The Morgan fingerprint density at radius 1 is 1.48 bits per heavy atom. The molecule has 2 atom stereocenters. The molecule has 10 nitrogen and oxygen atoms in total. The number of carbonyl (C=O) groups is 1. The van der Waals surface area contributed by atoms with E-state index >= 15 is 0 Å². The predicted octanol–water partition coefficient (Wildman–Crippen LogP) is 1.99. The zero-order valence-electron chi connectivity index (χ0n) is 15.5. The standard InChI is InChI=1S/C17H24N6O4/c1-11(12-3-4-12)23-14(5-6-18-23)19-17(24)22-7-8-26-9-13(22)16-20-15(10-25-2)27-21-16/h5-6,11-13H,3-4,7-10H2,1-2H3,(H,19,24). The lowest BCUT2D eigenvalue weighted by atomic mass is 10.2. The molecular weight excluding hydrogens is 352 g/mol. The second-order valence-corrected chi connectivity index (χ2v) is 6.93. The van der Waals surface area contributed by atoms with Crippen molar-refractivity contribution in [1.82, 2.24) is 24.8 Å². The van der Waals surface area contributed by atoms with E-state index in [1.54, 1.807) is 18.2 Å². The lowest BCUT2D eigenvalue weighted by Crippen LogP contribution is -2.46. The Morgan fingerprint density at radius 2 is 2.33 bits per heavy atom. The Balaban J connectivity index is 1.48. The molecule has 2 aromatic rings. The summed E-state index contributed by atoms with van der Waals surface area (Å²) in [6.45, 7) is 3.58. The lowest BCUT2D eigenvalue weighted by molar-refractivity contribution is 0.0109. The van der Waals surface area contributed by atoms with Crippen LogP contribution in [0.15, 0.2) is 16.8 Å². The largest absolute Gasteiger partial charge is 0.377 e. The zero-order chi connectivity index (χ0) is 18.8. The molecule has 1 aliphatic heterocycles. The van der Waals surface area contributed by atoms with Gasteiger partial charge in [-0.25, -0.2) is 9.48 Å². The van der Waals surface area contributed by atoms with E-state index in [-0.39, 0.29) is 18.7 Å². The minimum atomic E-state index is -0.412. The normalized spacial score (nSPS) is 21.3. The van der Waals surface area contributed by atoms with Crippen LogP contribution in [-0.2, 0) is 16.1 Å². The summed E-state index contributed by atoms with van der Waals surface area (Å²) >= 11 is 0. The molecule has 0 bridgehead atoms. The summed E-state index contributed by atoms with van der Waals surface area (Å²) in [5.41, 5.74) is 0. The van der Waals surface area contributed by atoms with Crippen molar-refractivity contribution in [3.63, 3.8) is 0 Å². The van der Waals surface area contributed by atoms with Crippen molar-refractivity contribution in [1.29, 1.82) is 0 Å². The highest BCUT2D eigenvalue weighted by atomic mass is 16.5. The maximum atomic E-state index is 12.9. The van der Waals surface area contributed by atoms with E-state index in [2.05, 4.69) is 27.5 Å². The van der Waals surface area contributed by atoms with Crippen LogP contribution in [0.2, 0.25) is 0 Å². The van der Waals surface area contributed by atoms with E-state index in [0.717, 1.165) is 0 Å². The van der Waals surface area contributed by atoms with Gasteiger partial charge in [0.05, 0.1) is 25.5 Å². The van der Waals surface area contributed by atoms with E-state index in [4.69, 9.17) is 14.0 Å². The minimum absolute atomic E-state index is 0.227. The molecule has 10 heteroatoms. The number of rotatable bonds is 6. The van der Waals surface area contributed by atoms with E-state index in [0.29, 0.717) is 43.2 Å². The van der Waals surface area contributed by atoms with Gasteiger partial charge in [0, 0.05) is 19.7 Å². The average molecular weight is 376 g/mol. The van der Waals surface area contributed by atoms with Crippen LogP contribution in [0.3, 0.4) is 0 Å². The molecule has 1 aliphatic carbocycles. The van der Waals surface area contributed by atoms with Gasteiger partial charge < -0.3 is 18.9 Å². The van der Waals surface area contributed by atoms with Gasteiger partial charge in [0.25, 0.3) is 5.89 Å². The number of urea groups is 1. The van der Waals surface area contributed by atoms with Crippen molar-refractivity contribution in [2.45, 2.75) is 38.5 Å². The number of nitrogens with one attached hydrogen (secondary N) is 1. The molecule has 4 rings (SSSR count). The van der Waals surface area contributed by atoms with Crippen molar-refractivity contribution >= 4 is 11.8 Å². The monoisotopic (exact) mass is 376 g/mol. The van der Waals surface area contributed by atoms with Crippen LogP contribution in [0.1, 0.15) is 43.6 Å². The quantitative estimate of drug-likeness (QED) is 0.821. The summed E-state index contributed by atoms with van der Waals surface area (Å²) in [7, 11) is 1.55. The average Bonchev–Trinajstić information content (AvgIpc) is 3.26. The Labute approximate surface area is 156 Å². The summed E-state index contributed by atoms with van der Waals surface area (Å²) in [5.74, 6) is 2.11. The smallest absolute Gasteiger partial charge is 0.323 e. The maximum Gasteiger partial charge on any atom is 0.323 e. The van der Waals surface area contributed by atoms with E-state index < -0.39 is 6.04 Å². The van der Waals surface area contributed by atoms with Crippen LogP contribution in [0.4, 0.5) is 10.6 Å². The molecule has 2 aromatic heterocycles. The van der Waals surface area contributed by atoms with Gasteiger partial charge in [-0.2, -0.15) is 10.1 Å². The SMILES string of the molecule is COCc1nc(C2COCCN2C(=O)Nc2ccnn2C(C)C2CC2)no1. The van der Waals surface area contributed by atoms with Crippen molar-refractivity contribution in [3.8, 4) is 0 Å². The Morgan fingerprint density at radius 3 is 3.11 bits per heavy atom. The molecule has 2 unspecified atom stereocenters. The number of anilines is 1. The number of morpholine rings is 1. The summed E-state index contributed by atoms with van der Waals surface area (Å²) in [4.78, 5) is 18.9. The highest BCUT2D eigenvalue weighted by Gasteiger charge is 2.34. The first kappa shape index (κ1) is 17.9. The summed E-state index contributed by atoms with van der Waals surface area (Å²) in [5, 5.41) is 11.3. The Kier molecular flexibility index (Phi) is 5.08. The minimum Gasteiger partial charge on any atom is -0.377 e. The van der Waals surface area contributed by atoms with Crippen LogP contribution in [0.5, 0.6) is 0 Å². The van der Waals surface area contributed by atoms with Crippen LogP contribution in [0, 0.1) is 5.92 Å². The number of hydrogen-bond donors (Lipinski definition) is 1. The van der Waals surface area contributed by atoms with Gasteiger partial charge in [-0.15, -0.1) is 0 Å². The van der Waals surface area contributed by atoms with Crippen LogP contribution < -0.4 is 5.32 Å². The summed E-state index contributed by atoms with van der Waals surface area (Å²) in [6.07, 6.45) is 4.13. The third-order valence-electron chi connectivity index (χ3n) is 5.03. The molecule has 1 saturated carbocycles. The van der Waals surface area contributed by atoms with Gasteiger partial charge in [-0.3, -0.25) is 5.32 Å². The second kappa shape index (κ2) is 7.65. The molecule has 1 N–H and O–H groups in total. The third kappa shape index (κ3) is 3.81. The number of ether oxygens (including phenoxy) is 2. The topological polar surface area (TPSA) is 108 Å². The molecule has 3 heterocycles. The van der Waals surface area contributed by atoms with Gasteiger partial charge >= 0.3 is 6.03 Å². The first-order valence-electron chi connectivity index (χ1n) is 9.17. The summed E-state index contributed by atoms with van der Waals surface area (Å²) in [6, 6.07) is 1.44. The molecule has 0 spiro atoms. The fourth-order valence-corrected chi connectivity index (χ4v) is 3.34. The second-order valence-electron chi connectivity index (χ2n) is 6.93. The maximum absolute atomic E-state index is 12.9. The van der Waals surface area contributed by atoms with Gasteiger partial charge in [-0.05, 0) is 25.7 Å². The fourth-order valence-electron chi connectivity index (χ4n) is 3.34. The molecule has 27 heavy (non-hydrogen) atoms. The number of amides is 2. The molecular formula is C17H24N6O4. The molecule has 2 aliphatic rings. The Bertz CT molecular complexity index is 786. The van der Waals surface area contributed by atoms with E-state index in [1.165, 1.54) is 12.8 Å². The lowest BCUT2D eigenvalue weighted by Gasteiger charge is -2.33. The van der Waals surface area contributed by atoms with Gasteiger partial charge in [0.15, 0.2) is 5.82 Å². The molecule has 0 aromatic carbocycles. The number of nitrogens with zero attached hydrogens (tertiary/aromatic N) is 5. The van der Waals surface area contributed by atoms with Crippen molar-refractivity contribution in [2.75, 3.05) is 32.2 Å². The van der Waals surface area contributed by atoms with E-state index in [9.17, 15) is 4.79 Å². The summed E-state index contributed by atoms with van der Waals surface area (Å²) < 4.78 is 17.6. The zero-order valence-corrected chi connectivity index (χ0v) is 15.5. The molecule has 1 saturated heterocycles. The molecule has 2 fully saturated rings.